The zero-order valence-electron chi connectivity index (χ0n) is 16.8. The van der Waals surface area contributed by atoms with Crippen LogP contribution in [-0.4, -0.2) is 25.2 Å². The molecule has 0 aliphatic carbocycles. The highest BCUT2D eigenvalue weighted by Gasteiger charge is 2.20. The van der Waals surface area contributed by atoms with Crippen LogP contribution >= 0.6 is 0 Å². The summed E-state index contributed by atoms with van der Waals surface area (Å²) in [5, 5.41) is 0. The van der Waals surface area contributed by atoms with Crippen LogP contribution < -0.4 is 0 Å². The fraction of sp³-hybridized carbons (Fsp3) is 0.636. The van der Waals surface area contributed by atoms with Gasteiger partial charge in [0, 0.05) is 0 Å². The normalized spacial score (nSPS) is 12.0. The van der Waals surface area contributed by atoms with E-state index in [2.05, 4.69) is 27.7 Å². The first-order valence-electron chi connectivity index (χ1n) is 9.92. The van der Waals surface area contributed by atoms with Gasteiger partial charge in [0.05, 0.1) is 24.3 Å². The van der Waals surface area contributed by atoms with E-state index in [4.69, 9.17) is 9.47 Å². The Balaban J connectivity index is 2.63. The van der Waals surface area contributed by atoms with Gasteiger partial charge in [-0.3, -0.25) is 0 Å². The number of benzene rings is 1. The summed E-state index contributed by atoms with van der Waals surface area (Å²) in [6.07, 6.45) is 6.14. The van der Waals surface area contributed by atoms with Gasteiger partial charge in [-0.25, -0.2) is 9.59 Å². The highest BCUT2D eigenvalue weighted by atomic mass is 16.5. The number of hydrogen-bond donors (Lipinski definition) is 0. The maximum Gasteiger partial charge on any atom is 0.339 e. The smallest absolute Gasteiger partial charge is 0.339 e. The molecule has 0 N–H and O–H groups in total. The molecule has 26 heavy (non-hydrogen) atoms. The van der Waals surface area contributed by atoms with Crippen LogP contribution in [0.4, 0.5) is 0 Å². The summed E-state index contributed by atoms with van der Waals surface area (Å²) in [5.41, 5.74) is 0.565. The van der Waals surface area contributed by atoms with Crippen molar-refractivity contribution in [2.45, 2.75) is 66.2 Å². The van der Waals surface area contributed by atoms with Gasteiger partial charge in [-0.15, -0.1) is 0 Å². The molecular weight excluding hydrogens is 328 g/mol. The minimum atomic E-state index is -0.459. The summed E-state index contributed by atoms with van der Waals surface area (Å²) in [7, 11) is 0. The van der Waals surface area contributed by atoms with Crippen molar-refractivity contribution >= 4 is 11.9 Å². The van der Waals surface area contributed by atoms with Gasteiger partial charge in [0.1, 0.15) is 0 Å². The first-order chi connectivity index (χ1) is 12.5. The number of hydrogen-bond acceptors (Lipinski definition) is 4. The van der Waals surface area contributed by atoms with Crippen molar-refractivity contribution in [3.8, 4) is 0 Å². The molecule has 1 rings (SSSR count). The average molecular weight is 363 g/mol. The minimum Gasteiger partial charge on any atom is -0.462 e. The zero-order chi connectivity index (χ0) is 19.4. The van der Waals surface area contributed by atoms with E-state index in [-0.39, 0.29) is 11.1 Å². The fourth-order valence-corrected chi connectivity index (χ4v) is 2.74. The van der Waals surface area contributed by atoms with Crippen molar-refractivity contribution < 1.29 is 19.1 Å². The van der Waals surface area contributed by atoms with Crippen LogP contribution in [0.25, 0.3) is 0 Å². The van der Waals surface area contributed by atoms with Gasteiger partial charge in [-0.1, -0.05) is 59.1 Å². The average Bonchev–Trinajstić information content (AvgIpc) is 2.64. The Hall–Kier alpha value is -1.84. The van der Waals surface area contributed by atoms with Crippen molar-refractivity contribution in [3.63, 3.8) is 0 Å². The van der Waals surface area contributed by atoms with Gasteiger partial charge in [0.25, 0.3) is 0 Å². The molecule has 4 heteroatoms. The third-order valence-electron chi connectivity index (χ3n) is 4.52. The molecule has 0 aliphatic rings. The van der Waals surface area contributed by atoms with Crippen molar-refractivity contribution in [1.29, 1.82) is 0 Å². The molecule has 0 amide bonds. The zero-order valence-corrected chi connectivity index (χ0v) is 16.8. The lowest BCUT2D eigenvalue weighted by Crippen LogP contribution is -2.18. The molecule has 1 atom stereocenters. The second-order valence-electron chi connectivity index (χ2n) is 7.23. The monoisotopic (exact) mass is 362 g/mol. The van der Waals surface area contributed by atoms with E-state index in [1.165, 1.54) is 0 Å². The molecule has 0 saturated heterocycles. The van der Waals surface area contributed by atoms with E-state index in [1.54, 1.807) is 24.3 Å². The van der Waals surface area contributed by atoms with E-state index >= 15 is 0 Å². The first-order valence-corrected chi connectivity index (χ1v) is 9.92. The van der Waals surface area contributed by atoms with Crippen molar-refractivity contribution in [2.75, 3.05) is 13.2 Å². The number of carbonyl (C=O) groups excluding carboxylic acids is 2. The minimum absolute atomic E-state index is 0.281. The summed E-state index contributed by atoms with van der Waals surface area (Å²) in [6.45, 7) is 9.30. The summed E-state index contributed by atoms with van der Waals surface area (Å²) in [6, 6.07) is 6.72. The van der Waals surface area contributed by atoms with Crippen LogP contribution in [0.1, 0.15) is 86.9 Å². The lowest BCUT2D eigenvalue weighted by molar-refractivity contribution is 0.0404. The third-order valence-corrected chi connectivity index (χ3v) is 4.52. The molecule has 1 aromatic rings. The van der Waals surface area contributed by atoms with Gasteiger partial charge in [0.2, 0.25) is 0 Å². The van der Waals surface area contributed by atoms with Gasteiger partial charge in [-0.2, -0.15) is 0 Å². The molecular formula is C22H34O4. The van der Waals surface area contributed by atoms with Crippen molar-refractivity contribution in [2.24, 2.45) is 11.8 Å². The van der Waals surface area contributed by atoms with Crippen LogP contribution in [0.2, 0.25) is 0 Å². The number of unbranched alkanes of at least 4 members (excludes halogenated alkanes) is 1. The molecule has 0 saturated carbocycles. The first kappa shape index (κ1) is 22.2. The molecule has 4 nitrogen and oxygen atoms in total. The third kappa shape index (κ3) is 8.03. The quantitative estimate of drug-likeness (QED) is 0.356. The van der Waals surface area contributed by atoms with Crippen molar-refractivity contribution in [3.05, 3.63) is 35.4 Å². The topological polar surface area (TPSA) is 52.6 Å². The fourth-order valence-electron chi connectivity index (χ4n) is 2.74. The second-order valence-corrected chi connectivity index (χ2v) is 7.23. The Kier molecular flexibility index (Phi) is 10.7. The predicted molar refractivity (Wildman–Crippen MR) is 104 cm³/mol. The van der Waals surface area contributed by atoms with Gasteiger partial charge in [-0.05, 0) is 43.2 Å². The van der Waals surface area contributed by atoms with E-state index in [0.29, 0.717) is 25.0 Å². The SMILES string of the molecule is CCCCC(CC)COC(=O)c1ccccc1C(=O)OCCCC(C)C. The van der Waals surface area contributed by atoms with E-state index in [9.17, 15) is 9.59 Å². The van der Waals surface area contributed by atoms with Crippen molar-refractivity contribution in [1.82, 2.24) is 0 Å². The van der Waals surface area contributed by atoms with Crippen LogP contribution in [-0.2, 0) is 9.47 Å². The number of esters is 2. The largest absolute Gasteiger partial charge is 0.462 e. The molecule has 0 bridgehead atoms. The van der Waals surface area contributed by atoms with Crippen LogP contribution in [0.3, 0.4) is 0 Å². The van der Waals surface area contributed by atoms with Crippen LogP contribution in [0, 0.1) is 11.8 Å². The van der Waals surface area contributed by atoms with Gasteiger partial charge >= 0.3 is 11.9 Å². The van der Waals surface area contributed by atoms with Gasteiger partial charge < -0.3 is 9.47 Å². The molecule has 0 fully saturated rings. The Morgan fingerprint density at radius 1 is 0.923 bits per heavy atom. The summed E-state index contributed by atoms with van der Waals surface area (Å²) in [4.78, 5) is 24.8. The highest BCUT2D eigenvalue weighted by Crippen LogP contribution is 2.16. The lowest BCUT2D eigenvalue weighted by Gasteiger charge is -2.15. The number of carbonyl (C=O) groups is 2. The van der Waals surface area contributed by atoms with Gasteiger partial charge in [0.15, 0.2) is 0 Å². The summed E-state index contributed by atoms with van der Waals surface area (Å²) < 4.78 is 10.8. The maximum atomic E-state index is 12.5. The predicted octanol–water partition coefficient (Wildman–Crippen LogP) is 5.65. The van der Waals surface area contributed by atoms with Crippen LogP contribution in [0.15, 0.2) is 24.3 Å². The molecule has 1 aromatic carbocycles. The second kappa shape index (κ2) is 12.5. The Morgan fingerprint density at radius 2 is 1.54 bits per heavy atom. The standard InChI is InChI=1S/C22H34O4/c1-5-7-12-18(6-2)16-26-22(24)20-14-9-8-13-19(20)21(23)25-15-10-11-17(3)4/h8-9,13-14,17-18H,5-7,10-12,15-16H2,1-4H3. The van der Waals surface area contributed by atoms with E-state index in [0.717, 1.165) is 38.5 Å². The molecule has 0 spiro atoms. The summed E-state index contributed by atoms with van der Waals surface area (Å²) in [5.74, 6) is 0.0400. The lowest BCUT2D eigenvalue weighted by atomic mass is 10.0. The highest BCUT2D eigenvalue weighted by molar-refractivity contribution is 6.03. The van der Waals surface area contributed by atoms with E-state index in [1.807, 2.05) is 0 Å². The molecule has 146 valence electrons. The maximum absolute atomic E-state index is 12.5. The van der Waals surface area contributed by atoms with E-state index < -0.39 is 11.9 Å². The molecule has 0 heterocycles. The molecule has 0 aliphatic heterocycles. The van der Waals surface area contributed by atoms with Crippen LogP contribution in [0.5, 0.6) is 0 Å². The molecule has 0 radical (unpaired) electrons. The Bertz CT molecular complexity index is 551. The Morgan fingerprint density at radius 3 is 2.08 bits per heavy atom. The molecule has 0 aromatic heterocycles. The number of rotatable bonds is 12. The molecule has 1 unspecified atom stereocenters. The number of ether oxygens (including phenoxy) is 2. The summed E-state index contributed by atoms with van der Waals surface area (Å²) >= 11 is 0. The Labute approximate surface area is 158 Å².